The number of rotatable bonds is 7. The second-order valence-electron chi connectivity index (χ2n) is 7.12. The number of nitrogens with zero attached hydrogens (tertiary/aromatic N) is 1. The molecule has 1 aliphatic rings. The second kappa shape index (κ2) is 9.34. The molecule has 2 aromatic rings. The van der Waals surface area contributed by atoms with Gasteiger partial charge in [0.2, 0.25) is 0 Å². The van der Waals surface area contributed by atoms with E-state index in [1.807, 2.05) is 13.8 Å². The fourth-order valence-corrected chi connectivity index (χ4v) is 3.07. The average molecular weight is 437 g/mol. The number of barbiturate groups is 1. The molecule has 0 aromatic heterocycles. The molecule has 32 heavy (non-hydrogen) atoms. The first-order valence-electron chi connectivity index (χ1n) is 9.88. The topological polar surface area (TPSA) is 128 Å². The monoisotopic (exact) mass is 437 g/mol. The van der Waals surface area contributed by atoms with E-state index in [1.165, 1.54) is 12.1 Å². The highest BCUT2D eigenvalue weighted by molar-refractivity contribution is 6.39. The number of primary amides is 1. The molecule has 0 aliphatic carbocycles. The van der Waals surface area contributed by atoms with Crippen LogP contribution < -0.4 is 25.4 Å². The maximum absolute atomic E-state index is 13.1. The normalized spacial score (nSPS) is 15.0. The Kier molecular flexibility index (Phi) is 6.58. The number of carbonyl (C=O) groups is 4. The summed E-state index contributed by atoms with van der Waals surface area (Å²) in [6.45, 7) is 5.55. The second-order valence-corrected chi connectivity index (χ2v) is 7.12. The summed E-state index contributed by atoms with van der Waals surface area (Å²) in [6, 6.07) is 9.02. The molecule has 0 bridgehead atoms. The van der Waals surface area contributed by atoms with Crippen molar-refractivity contribution in [3.63, 3.8) is 0 Å². The number of carbonyl (C=O) groups excluding carboxylic acids is 4. The Balaban J connectivity index is 1.97. The Morgan fingerprint density at radius 1 is 1.03 bits per heavy atom. The Morgan fingerprint density at radius 3 is 2.44 bits per heavy atom. The first kappa shape index (κ1) is 22.5. The van der Waals surface area contributed by atoms with Crippen LogP contribution in [-0.4, -0.2) is 37.0 Å². The first-order chi connectivity index (χ1) is 15.2. The molecule has 0 atom stereocenters. The van der Waals surface area contributed by atoms with Crippen LogP contribution >= 0.6 is 0 Å². The minimum atomic E-state index is -0.814. The molecule has 0 spiro atoms. The van der Waals surface area contributed by atoms with Crippen molar-refractivity contribution in [1.82, 2.24) is 5.32 Å². The van der Waals surface area contributed by atoms with Crippen LogP contribution in [0.4, 0.5) is 10.5 Å². The van der Waals surface area contributed by atoms with Crippen LogP contribution in [0.1, 0.15) is 23.6 Å². The summed E-state index contributed by atoms with van der Waals surface area (Å²) in [5, 5.41) is 2.20. The minimum absolute atomic E-state index is 0.212. The van der Waals surface area contributed by atoms with Gasteiger partial charge in [0, 0.05) is 0 Å². The third kappa shape index (κ3) is 4.77. The number of aryl methyl sites for hydroxylation is 2. The SMILES string of the molecule is CCOc1cc(/C=C2\C(=O)NC(=O)N(c3ccc(C)c(C)c3)C2=O)ccc1OCC(N)=O. The summed E-state index contributed by atoms with van der Waals surface area (Å²) < 4.78 is 10.9. The molecule has 9 heteroatoms. The lowest BCUT2D eigenvalue weighted by molar-refractivity contribution is -0.123. The van der Waals surface area contributed by atoms with Gasteiger partial charge in [0.15, 0.2) is 18.1 Å². The predicted octanol–water partition coefficient (Wildman–Crippen LogP) is 2.23. The number of hydrogen-bond acceptors (Lipinski definition) is 6. The number of amides is 5. The smallest absolute Gasteiger partial charge is 0.335 e. The van der Waals surface area contributed by atoms with E-state index in [9.17, 15) is 19.2 Å². The van der Waals surface area contributed by atoms with Gasteiger partial charge >= 0.3 is 6.03 Å². The van der Waals surface area contributed by atoms with Crippen molar-refractivity contribution < 1.29 is 28.7 Å². The molecule has 0 saturated carbocycles. The molecule has 9 nitrogen and oxygen atoms in total. The highest BCUT2D eigenvalue weighted by Crippen LogP contribution is 2.30. The molecule has 1 heterocycles. The van der Waals surface area contributed by atoms with Crippen LogP contribution in [0, 0.1) is 13.8 Å². The molecule has 5 amide bonds. The molecular weight excluding hydrogens is 414 g/mol. The van der Waals surface area contributed by atoms with Crippen molar-refractivity contribution in [2.75, 3.05) is 18.1 Å². The number of urea groups is 1. The minimum Gasteiger partial charge on any atom is -0.490 e. The average Bonchev–Trinajstić information content (AvgIpc) is 2.73. The van der Waals surface area contributed by atoms with Gasteiger partial charge in [0.25, 0.3) is 17.7 Å². The summed E-state index contributed by atoms with van der Waals surface area (Å²) in [6.07, 6.45) is 1.36. The lowest BCUT2D eigenvalue weighted by Crippen LogP contribution is -2.54. The maximum atomic E-state index is 13.1. The number of imide groups is 2. The lowest BCUT2D eigenvalue weighted by atomic mass is 10.0. The van der Waals surface area contributed by atoms with Crippen molar-refractivity contribution in [3.05, 3.63) is 58.7 Å². The number of nitrogens with two attached hydrogens (primary N) is 1. The molecule has 1 aliphatic heterocycles. The largest absolute Gasteiger partial charge is 0.490 e. The van der Waals surface area contributed by atoms with E-state index in [-0.39, 0.29) is 12.2 Å². The Morgan fingerprint density at radius 2 is 1.78 bits per heavy atom. The molecule has 0 unspecified atom stereocenters. The van der Waals surface area contributed by atoms with Crippen LogP contribution in [0.15, 0.2) is 42.0 Å². The van der Waals surface area contributed by atoms with Crippen LogP contribution in [0.2, 0.25) is 0 Å². The maximum Gasteiger partial charge on any atom is 0.335 e. The van der Waals surface area contributed by atoms with E-state index in [4.69, 9.17) is 15.2 Å². The van der Waals surface area contributed by atoms with Crippen molar-refractivity contribution >= 4 is 35.5 Å². The summed E-state index contributed by atoms with van der Waals surface area (Å²) in [5.41, 5.74) is 7.63. The van der Waals surface area contributed by atoms with E-state index in [0.717, 1.165) is 16.0 Å². The Hall–Kier alpha value is -4.14. The molecule has 166 valence electrons. The highest BCUT2D eigenvalue weighted by atomic mass is 16.5. The summed E-state index contributed by atoms with van der Waals surface area (Å²) >= 11 is 0. The Bertz CT molecular complexity index is 1140. The zero-order chi connectivity index (χ0) is 23.4. The number of ether oxygens (including phenoxy) is 2. The molecule has 3 N–H and O–H groups in total. The van der Waals surface area contributed by atoms with Crippen molar-refractivity contribution in [2.45, 2.75) is 20.8 Å². The van der Waals surface area contributed by atoms with E-state index >= 15 is 0 Å². The zero-order valence-corrected chi connectivity index (χ0v) is 17.9. The van der Waals surface area contributed by atoms with Gasteiger partial charge in [0.05, 0.1) is 12.3 Å². The van der Waals surface area contributed by atoms with Crippen LogP contribution in [0.3, 0.4) is 0 Å². The number of hydrogen-bond donors (Lipinski definition) is 2. The highest BCUT2D eigenvalue weighted by Gasteiger charge is 2.36. The summed E-state index contributed by atoms with van der Waals surface area (Å²) in [7, 11) is 0. The summed E-state index contributed by atoms with van der Waals surface area (Å²) in [5.74, 6) is -1.58. The fraction of sp³-hybridized carbons (Fsp3) is 0.217. The van der Waals surface area contributed by atoms with Crippen LogP contribution in [-0.2, 0) is 14.4 Å². The van der Waals surface area contributed by atoms with E-state index < -0.39 is 23.8 Å². The van der Waals surface area contributed by atoms with Crippen molar-refractivity contribution in [3.8, 4) is 11.5 Å². The van der Waals surface area contributed by atoms with Crippen LogP contribution in [0.25, 0.3) is 6.08 Å². The standard InChI is InChI=1S/C23H23N3O6/c1-4-31-19-11-15(6-8-18(19)32-12-20(24)27)10-17-21(28)25-23(30)26(22(17)29)16-7-5-13(2)14(3)9-16/h5-11H,4,12H2,1-3H3,(H2,24,27)(H,25,28,30)/b17-10+. The summed E-state index contributed by atoms with van der Waals surface area (Å²) in [4.78, 5) is 49.8. The quantitative estimate of drug-likeness (QED) is 0.505. The van der Waals surface area contributed by atoms with Gasteiger partial charge in [0.1, 0.15) is 5.57 Å². The first-order valence-corrected chi connectivity index (χ1v) is 9.88. The molecule has 3 rings (SSSR count). The number of nitrogens with one attached hydrogen (secondary N) is 1. The fourth-order valence-electron chi connectivity index (χ4n) is 3.07. The lowest BCUT2D eigenvalue weighted by Gasteiger charge is -2.27. The molecule has 1 saturated heterocycles. The van der Waals surface area contributed by atoms with Crippen LogP contribution in [0.5, 0.6) is 11.5 Å². The molecule has 0 radical (unpaired) electrons. The third-order valence-electron chi connectivity index (χ3n) is 4.80. The Labute approximate surface area is 184 Å². The third-order valence-corrected chi connectivity index (χ3v) is 4.80. The van der Waals surface area contributed by atoms with Gasteiger partial charge < -0.3 is 15.2 Å². The van der Waals surface area contributed by atoms with Gasteiger partial charge in [-0.15, -0.1) is 0 Å². The van der Waals surface area contributed by atoms with Gasteiger partial charge in [-0.25, -0.2) is 9.69 Å². The number of anilines is 1. The van der Waals surface area contributed by atoms with Gasteiger partial charge in [-0.3, -0.25) is 19.7 Å². The zero-order valence-electron chi connectivity index (χ0n) is 17.9. The molecule has 1 fully saturated rings. The molecular formula is C23H23N3O6. The van der Waals surface area contributed by atoms with Crippen molar-refractivity contribution in [2.24, 2.45) is 5.73 Å². The van der Waals surface area contributed by atoms with Gasteiger partial charge in [-0.2, -0.15) is 0 Å². The van der Waals surface area contributed by atoms with Gasteiger partial charge in [-0.05, 0) is 67.8 Å². The number of benzene rings is 2. The van der Waals surface area contributed by atoms with Crippen molar-refractivity contribution in [1.29, 1.82) is 0 Å². The van der Waals surface area contributed by atoms with E-state index in [0.29, 0.717) is 29.4 Å². The van der Waals surface area contributed by atoms with Gasteiger partial charge in [-0.1, -0.05) is 12.1 Å². The molecule has 2 aromatic carbocycles. The van der Waals surface area contributed by atoms with E-state index in [2.05, 4.69) is 5.32 Å². The van der Waals surface area contributed by atoms with E-state index in [1.54, 1.807) is 37.3 Å². The predicted molar refractivity (Wildman–Crippen MR) is 117 cm³/mol.